The van der Waals surface area contributed by atoms with E-state index in [0.29, 0.717) is 24.4 Å². The quantitative estimate of drug-likeness (QED) is 0.758. The number of hydrogen-bond acceptors (Lipinski definition) is 3. The monoisotopic (exact) mass is 267 g/mol. The molecule has 0 bridgehead atoms. The van der Waals surface area contributed by atoms with Gasteiger partial charge in [0.1, 0.15) is 0 Å². The highest BCUT2D eigenvalue weighted by molar-refractivity contribution is 5.75. The molecular weight excluding hydrogens is 254 g/mol. The van der Waals surface area contributed by atoms with Crippen LogP contribution in [0.3, 0.4) is 0 Å². The first-order valence-electron chi connectivity index (χ1n) is 6.33. The number of H-pyrrole nitrogens is 2. The van der Waals surface area contributed by atoms with Crippen LogP contribution in [0.4, 0.5) is 0 Å². The maximum Gasteiger partial charge on any atom is 0.277 e. The number of para-hydroxylation sites is 2. The highest BCUT2D eigenvalue weighted by Gasteiger charge is 2.14. The van der Waals surface area contributed by atoms with E-state index in [1.54, 1.807) is 0 Å². The predicted molar refractivity (Wildman–Crippen MR) is 74.7 cm³/mol. The molecule has 2 aromatic heterocycles. The maximum atomic E-state index is 12.3. The van der Waals surface area contributed by atoms with Gasteiger partial charge in [0.2, 0.25) is 5.95 Å². The number of aromatic amines is 2. The molecule has 0 unspecified atom stereocenters. The first-order chi connectivity index (χ1) is 9.70. The van der Waals surface area contributed by atoms with E-state index >= 15 is 0 Å². The molecule has 0 aliphatic heterocycles. The lowest BCUT2D eigenvalue weighted by molar-refractivity contribution is 0.790. The summed E-state index contributed by atoms with van der Waals surface area (Å²) in [7, 11) is 0. The van der Waals surface area contributed by atoms with Crippen LogP contribution in [0, 0.1) is 18.3 Å². The Balaban J connectivity index is 2.10. The van der Waals surface area contributed by atoms with Gasteiger partial charge in [0, 0.05) is 17.7 Å². The van der Waals surface area contributed by atoms with E-state index in [9.17, 15) is 4.79 Å². The molecule has 0 fully saturated rings. The predicted octanol–water partition coefficient (Wildman–Crippen LogP) is 1.81. The number of nitrogens with one attached hydrogen (secondary N) is 2. The molecule has 2 N–H and O–H groups in total. The molecule has 3 aromatic rings. The van der Waals surface area contributed by atoms with Crippen molar-refractivity contribution in [2.45, 2.75) is 19.8 Å². The Morgan fingerprint density at radius 3 is 2.95 bits per heavy atom. The number of nitriles is 1. The summed E-state index contributed by atoms with van der Waals surface area (Å²) in [6.45, 7) is 1.83. The molecule has 0 saturated carbocycles. The Bertz CT molecular complexity index is 829. The summed E-state index contributed by atoms with van der Waals surface area (Å²) in [5, 5.41) is 11.6. The van der Waals surface area contributed by atoms with Crippen molar-refractivity contribution in [1.82, 2.24) is 19.7 Å². The normalized spacial score (nSPS) is 10.8. The van der Waals surface area contributed by atoms with E-state index in [0.717, 1.165) is 16.7 Å². The van der Waals surface area contributed by atoms with Crippen LogP contribution in [0.1, 0.15) is 17.7 Å². The minimum atomic E-state index is -0.156. The van der Waals surface area contributed by atoms with Gasteiger partial charge in [-0.15, -0.1) is 0 Å². The second-order valence-corrected chi connectivity index (χ2v) is 4.59. The molecular formula is C14H13N5O. The van der Waals surface area contributed by atoms with E-state index in [2.05, 4.69) is 21.1 Å². The van der Waals surface area contributed by atoms with Gasteiger partial charge in [-0.25, -0.2) is 4.98 Å². The second-order valence-electron chi connectivity index (χ2n) is 4.59. The Morgan fingerprint density at radius 2 is 2.20 bits per heavy atom. The summed E-state index contributed by atoms with van der Waals surface area (Å²) in [6.07, 6.45) is 0.777. The molecule has 100 valence electrons. The van der Waals surface area contributed by atoms with Crippen LogP contribution in [-0.4, -0.2) is 19.7 Å². The van der Waals surface area contributed by atoms with Gasteiger partial charge in [0.25, 0.3) is 5.56 Å². The van der Waals surface area contributed by atoms with Crippen LogP contribution in [0.25, 0.3) is 17.0 Å². The third kappa shape index (κ3) is 1.89. The molecule has 0 radical (unpaired) electrons. The van der Waals surface area contributed by atoms with E-state index in [4.69, 9.17) is 5.26 Å². The molecule has 0 amide bonds. The van der Waals surface area contributed by atoms with Crippen molar-refractivity contribution in [2.75, 3.05) is 0 Å². The van der Waals surface area contributed by atoms with Crippen molar-refractivity contribution < 1.29 is 0 Å². The molecule has 1 aromatic carbocycles. The average molecular weight is 267 g/mol. The number of aromatic nitrogens is 4. The zero-order valence-corrected chi connectivity index (χ0v) is 11.0. The fourth-order valence-electron chi connectivity index (χ4n) is 2.25. The number of fused-ring (bicyclic) bond motifs is 1. The van der Waals surface area contributed by atoms with Crippen molar-refractivity contribution in [1.29, 1.82) is 5.26 Å². The number of aryl methyl sites for hydroxylation is 1. The smallest absolute Gasteiger partial charge is 0.277 e. The topological polar surface area (TPSA) is 90.3 Å². The van der Waals surface area contributed by atoms with Gasteiger partial charge in [-0.3, -0.25) is 9.89 Å². The SMILES string of the molecule is Cc1[nH]n(-c2nc3ccccc3[nH]2)c(=O)c1CCC#N. The Kier molecular flexibility index (Phi) is 2.88. The summed E-state index contributed by atoms with van der Waals surface area (Å²) >= 11 is 0. The largest absolute Gasteiger partial charge is 0.322 e. The van der Waals surface area contributed by atoms with E-state index in [1.165, 1.54) is 4.68 Å². The molecule has 3 rings (SSSR count). The summed E-state index contributed by atoms with van der Waals surface area (Å²) in [4.78, 5) is 19.8. The van der Waals surface area contributed by atoms with Crippen molar-refractivity contribution >= 4 is 11.0 Å². The van der Waals surface area contributed by atoms with Crippen molar-refractivity contribution in [3.05, 3.63) is 45.9 Å². The summed E-state index contributed by atoms with van der Waals surface area (Å²) in [6, 6.07) is 9.65. The van der Waals surface area contributed by atoms with Gasteiger partial charge in [-0.2, -0.15) is 9.94 Å². The fraction of sp³-hybridized carbons (Fsp3) is 0.214. The van der Waals surface area contributed by atoms with Gasteiger partial charge in [0.05, 0.1) is 17.1 Å². The highest BCUT2D eigenvalue weighted by Crippen LogP contribution is 2.13. The molecule has 0 saturated heterocycles. The summed E-state index contributed by atoms with van der Waals surface area (Å²) in [5.74, 6) is 0.461. The minimum Gasteiger partial charge on any atom is -0.322 e. The Hall–Kier alpha value is -2.81. The fourth-order valence-corrected chi connectivity index (χ4v) is 2.25. The minimum absolute atomic E-state index is 0.156. The maximum absolute atomic E-state index is 12.3. The van der Waals surface area contributed by atoms with Crippen LogP contribution < -0.4 is 5.56 Å². The lowest BCUT2D eigenvalue weighted by atomic mass is 10.1. The molecule has 2 heterocycles. The first kappa shape index (κ1) is 12.2. The van der Waals surface area contributed by atoms with Crippen molar-refractivity contribution in [3.8, 4) is 12.0 Å². The standard InChI is InChI=1S/C14H13N5O/c1-9-10(5-4-8-15)13(20)19(18-9)14-16-11-6-2-3-7-12(11)17-14/h2-3,6-7,18H,4-5H2,1H3,(H,16,17). The molecule has 0 spiro atoms. The number of rotatable bonds is 3. The Labute approximate surface area is 114 Å². The van der Waals surface area contributed by atoms with Gasteiger partial charge < -0.3 is 4.98 Å². The number of benzene rings is 1. The lowest BCUT2D eigenvalue weighted by Gasteiger charge is -1.93. The van der Waals surface area contributed by atoms with Crippen LogP contribution >= 0.6 is 0 Å². The molecule has 6 nitrogen and oxygen atoms in total. The van der Waals surface area contributed by atoms with Crippen LogP contribution in [0.2, 0.25) is 0 Å². The highest BCUT2D eigenvalue weighted by atomic mass is 16.1. The van der Waals surface area contributed by atoms with Crippen LogP contribution in [-0.2, 0) is 6.42 Å². The summed E-state index contributed by atoms with van der Waals surface area (Å²) < 4.78 is 1.39. The van der Waals surface area contributed by atoms with Crippen LogP contribution in [0.5, 0.6) is 0 Å². The number of imidazole rings is 1. The second kappa shape index (κ2) is 4.70. The number of hydrogen-bond donors (Lipinski definition) is 2. The van der Waals surface area contributed by atoms with Gasteiger partial charge in [0.15, 0.2) is 0 Å². The molecule has 20 heavy (non-hydrogen) atoms. The van der Waals surface area contributed by atoms with Gasteiger partial charge in [-0.05, 0) is 25.5 Å². The molecule has 6 heteroatoms. The zero-order valence-electron chi connectivity index (χ0n) is 11.0. The van der Waals surface area contributed by atoms with Crippen molar-refractivity contribution in [2.24, 2.45) is 0 Å². The van der Waals surface area contributed by atoms with E-state index in [1.807, 2.05) is 31.2 Å². The third-order valence-corrected chi connectivity index (χ3v) is 3.27. The lowest BCUT2D eigenvalue weighted by Crippen LogP contribution is -2.18. The van der Waals surface area contributed by atoms with Crippen molar-refractivity contribution in [3.63, 3.8) is 0 Å². The molecule has 0 atom stereocenters. The van der Waals surface area contributed by atoms with Gasteiger partial charge >= 0.3 is 0 Å². The summed E-state index contributed by atoms with van der Waals surface area (Å²) in [5.41, 5.74) is 2.93. The first-order valence-corrected chi connectivity index (χ1v) is 6.33. The molecule has 0 aliphatic rings. The molecule has 0 aliphatic carbocycles. The van der Waals surface area contributed by atoms with E-state index < -0.39 is 0 Å². The third-order valence-electron chi connectivity index (χ3n) is 3.27. The number of nitrogens with zero attached hydrogens (tertiary/aromatic N) is 3. The van der Waals surface area contributed by atoms with E-state index in [-0.39, 0.29) is 5.56 Å². The van der Waals surface area contributed by atoms with Gasteiger partial charge in [-0.1, -0.05) is 12.1 Å². The zero-order chi connectivity index (χ0) is 14.1. The average Bonchev–Trinajstić information content (AvgIpc) is 2.98. The van der Waals surface area contributed by atoms with Crippen LogP contribution in [0.15, 0.2) is 29.1 Å². The Morgan fingerprint density at radius 1 is 1.40 bits per heavy atom.